The maximum Gasteiger partial charge on any atom is 0.335 e. The molecular weight excluding hydrogens is 270 g/mol. The summed E-state index contributed by atoms with van der Waals surface area (Å²) in [7, 11) is 0. The molecule has 0 aliphatic carbocycles. The van der Waals surface area contributed by atoms with Gasteiger partial charge >= 0.3 is 5.97 Å². The van der Waals surface area contributed by atoms with Gasteiger partial charge in [0.05, 0.1) is 22.7 Å². The number of ether oxygens (including phenoxy) is 1. The number of hydrogen-bond donors (Lipinski definition) is 2. The number of hydrogen-bond acceptors (Lipinski definition) is 5. The van der Waals surface area contributed by atoms with Crippen LogP contribution in [0.3, 0.4) is 0 Å². The number of carbonyl (C=O) groups is 1. The van der Waals surface area contributed by atoms with Gasteiger partial charge < -0.3 is 15.2 Å². The third kappa shape index (κ3) is 2.42. The lowest BCUT2D eigenvalue weighted by Gasteiger charge is -2.29. The van der Waals surface area contributed by atoms with E-state index in [0.29, 0.717) is 11.3 Å². The minimum absolute atomic E-state index is 0.0841. The van der Waals surface area contributed by atoms with Gasteiger partial charge in [0.25, 0.3) is 0 Å². The summed E-state index contributed by atoms with van der Waals surface area (Å²) in [6, 6.07) is 4.86. The highest BCUT2D eigenvalue weighted by Crippen LogP contribution is 2.31. The van der Waals surface area contributed by atoms with Gasteiger partial charge in [-0.05, 0) is 38.5 Å². The Morgan fingerprint density at radius 1 is 1.48 bits per heavy atom. The van der Waals surface area contributed by atoms with Gasteiger partial charge in [-0.1, -0.05) is 0 Å². The van der Waals surface area contributed by atoms with E-state index < -0.39 is 5.97 Å². The van der Waals surface area contributed by atoms with Crippen molar-refractivity contribution >= 4 is 22.7 Å². The Morgan fingerprint density at radius 3 is 2.95 bits per heavy atom. The van der Waals surface area contributed by atoms with Gasteiger partial charge in [-0.15, -0.1) is 0 Å². The summed E-state index contributed by atoms with van der Waals surface area (Å²) >= 11 is 0. The van der Waals surface area contributed by atoms with E-state index in [4.69, 9.17) is 9.84 Å². The van der Waals surface area contributed by atoms with Crippen LogP contribution in [-0.2, 0) is 4.74 Å². The molecule has 2 aromatic rings. The van der Waals surface area contributed by atoms with E-state index in [-0.39, 0.29) is 17.2 Å². The Balaban J connectivity index is 2.01. The molecule has 1 saturated heterocycles. The highest BCUT2D eigenvalue weighted by Gasteiger charge is 2.37. The lowest BCUT2D eigenvalue weighted by Crippen LogP contribution is -2.41. The molecule has 0 spiro atoms. The standard InChI is InChI=1S/C15H17N3O3/c1-9-15(2,5-6-21-9)18-13-11-4-3-10(14(19)20)7-12(11)16-8-17-13/h3-4,7-9H,5-6H2,1-2H3,(H,19,20)(H,16,17,18). The normalized spacial score (nSPS) is 25.1. The number of rotatable bonds is 3. The maximum atomic E-state index is 11.0. The first-order chi connectivity index (χ1) is 9.99. The largest absolute Gasteiger partial charge is 0.478 e. The average Bonchev–Trinajstić information content (AvgIpc) is 2.78. The van der Waals surface area contributed by atoms with Crippen LogP contribution < -0.4 is 5.32 Å². The molecule has 1 fully saturated rings. The summed E-state index contributed by atoms with van der Waals surface area (Å²) in [6.45, 7) is 4.85. The van der Waals surface area contributed by atoms with Crippen molar-refractivity contribution in [2.24, 2.45) is 0 Å². The van der Waals surface area contributed by atoms with Crippen molar-refractivity contribution in [3.05, 3.63) is 30.1 Å². The lowest BCUT2D eigenvalue weighted by molar-refractivity contribution is 0.0697. The van der Waals surface area contributed by atoms with Crippen molar-refractivity contribution in [1.29, 1.82) is 0 Å². The zero-order valence-corrected chi connectivity index (χ0v) is 12.0. The molecule has 21 heavy (non-hydrogen) atoms. The van der Waals surface area contributed by atoms with Gasteiger partial charge in [-0.25, -0.2) is 14.8 Å². The van der Waals surface area contributed by atoms with Crippen molar-refractivity contribution in [3.8, 4) is 0 Å². The van der Waals surface area contributed by atoms with Crippen molar-refractivity contribution in [2.45, 2.75) is 31.9 Å². The predicted octanol–water partition coefficient (Wildman–Crippen LogP) is 2.31. The number of carboxylic acid groups (broad SMARTS) is 1. The second-order valence-corrected chi connectivity index (χ2v) is 5.56. The molecule has 0 radical (unpaired) electrons. The molecule has 3 rings (SSSR count). The number of carboxylic acids is 1. The maximum absolute atomic E-state index is 11.0. The Kier molecular flexibility index (Phi) is 3.25. The van der Waals surface area contributed by atoms with Crippen LogP contribution in [0, 0.1) is 0 Å². The molecule has 2 atom stereocenters. The number of benzene rings is 1. The fourth-order valence-electron chi connectivity index (χ4n) is 2.56. The van der Waals surface area contributed by atoms with Gasteiger partial charge in [0.15, 0.2) is 0 Å². The molecule has 6 heteroatoms. The van der Waals surface area contributed by atoms with Crippen molar-refractivity contribution in [2.75, 3.05) is 11.9 Å². The fraction of sp³-hybridized carbons (Fsp3) is 0.400. The SMILES string of the molecule is CC1OCCC1(C)Nc1ncnc2cc(C(=O)O)ccc12. The van der Waals surface area contributed by atoms with Crippen LogP contribution in [-0.4, -0.2) is 39.3 Å². The van der Waals surface area contributed by atoms with Crippen LogP contribution in [0.1, 0.15) is 30.6 Å². The first-order valence-corrected chi connectivity index (χ1v) is 6.87. The van der Waals surface area contributed by atoms with Gasteiger partial charge in [-0.2, -0.15) is 0 Å². The molecule has 0 amide bonds. The van der Waals surface area contributed by atoms with Crippen LogP contribution in [0.4, 0.5) is 5.82 Å². The summed E-state index contributed by atoms with van der Waals surface area (Å²) in [5, 5.41) is 13.3. The smallest absolute Gasteiger partial charge is 0.335 e. The van der Waals surface area contributed by atoms with Crippen LogP contribution in [0.25, 0.3) is 10.9 Å². The number of anilines is 1. The zero-order valence-electron chi connectivity index (χ0n) is 12.0. The average molecular weight is 287 g/mol. The first-order valence-electron chi connectivity index (χ1n) is 6.87. The van der Waals surface area contributed by atoms with E-state index in [1.54, 1.807) is 18.2 Å². The number of aromatic carboxylic acids is 1. The van der Waals surface area contributed by atoms with Gasteiger partial charge in [-0.3, -0.25) is 0 Å². The third-order valence-corrected chi connectivity index (χ3v) is 4.17. The zero-order chi connectivity index (χ0) is 15.0. The Labute approximate surface area is 122 Å². The molecular formula is C15H17N3O3. The van der Waals surface area contributed by atoms with Crippen molar-refractivity contribution in [3.63, 3.8) is 0 Å². The van der Waals surface area contributed by atoms with E-state index >= 15 is 0 Å². The molecule has 1 aromatic heterocycles. The quantitative estimate of drug-likeness (QED) is 0.901. The van der Waals surface area contributed by atoms with Gasteiger partial charge in [0, 0.05) is 12.0 Å². The monoisotopic (exact) mass is 287 g/mol. The second kappa shape index (κ2) is 4.96. The molecule has 1 aromatic carbocycles. The molecule has 0 bridgehead atoms. The summed E-state index contributed by atoms with van der Waals surface area (Å²) in [6.07, 6.45) is 2.42. The first kappa shape index (κ1) is 13.8. The molecule has 1 aliphatic heterocycles. The van der Waals surface area contributed by atoms with Crippen LogP contribution in [0.5, 0.6) is 0 Å². The molecule has 110 valence electrons. The van der Waals surface area contributed by atoms with E-state index in [2.05, 4.69) is 22.2 Å². The molecule has 2 N–H and O–H groups in total. The molecule has 6 nitrogen and oxygen atoms in total. The molecule has 1 aliphatic rings. The summed E-state index contributed by atoms with van der Waals surface area (Å²) < 4.78 is 5.62. The number of fused-ring (bicyclic) bond motifs is 1. The summed E-state index contributed by atoms with van der Waals surface area (Å²) in [5.41, 5.74) is 0.644. The van der Waals surface area contributed by atoms with Gasteiger partial charge in [0.2, 0.25) is 0 Å². The van der Waals surface area contributed by atoms with E-state index in [9.17, 15) is 4.79 Å². The van der Waals surface area contributed by atoms with Crippen molar-refractivity contribution in [1.82, 2.24) is 9.97 Å². The van der Waals surface area contributed by atoms with Crippen LogP contribution >= 0.6 is 0 Å². The van der Waals surface area contributed by atoms with Crippen LogP contribution in [0.15, 0.2) is 24.5 Å². The highest BCUT2D eigenvalue weighted by atomic mass is 16.5. The fourth-order valence-corrected chi connectivity index (χ4v) is 2.56. The Bertz CT molecular complexity index is 704. The van der Waals surface area contributed by atoms with Crippen molar-refractivity contribution < 1.29 is 14.6 Å². The number of nitrogens with zero attached hydrogens (tertiary/aromatic N) is 2. The third-order valence-electron chi connectivity index (χ3n) is 4.17. The number of nitrogens with one attached hydrogen (secondary N) is 1. The molecule has 2 unspecified atom stereocenters. The molecule has 0 saturated carbocycles. The minimum atomic E-state index is -0.963. The summed E-state index contributed by atoms with van der Waals surface area (Å²) in [4.78, 5) is 19.5. The Hall–Kier alpha value is -2.21. The van der Waals surface area contributed by atoms with Crippen LogP contribution in [0.2, 0.25) is 0 Å². The minimum Gasteiger partial charge on any atom is -0.478 e. The van der Waals surface area contributed by atoms with Gasteiger partial charge in [0.1, 0.15) is 12.1 Å². The number of aromatic nitrogens is 2. The highest BCUT2D eigenvalue weighted by molar-refractivity contribution is 5.96. The van der Waals surface area contributed by atoms with E-state index in [1.807, 2.05) is 6.92 Å². The molecule has 2 heterocycles. The summed E-state index contributed by atoms with van der Waals surface area (Å²) in [5.74, 6) is -0.258. The van der Waals surface area contributed by atoms with E-state index in [0.717, 1.165) is 18.4 Å². The lowest BCUT2D eigenvalue weighted by atomic mass is 9.94. The predicted molar refractivity (Wildman–Crippen MR) is 78.6 cm³/mol. The topological polar surface area (TPSA) is 84.3 Å². The Morgan fingerprint density at radius 2 is 2.29 bits per heavy atom. The second-order valence-electron chi connectivity index (χ2n) is 5.56. The van der Waals surface area contributed by atoms with E-state index in [1.165, 1.54) is 6.33 Å².